The molecule has 0 radical (unpaired) electrons. The standard InChI is InChI=1S/C15H19BrF3N3O2/c1-14(2,3)24-13(23)22-6-4-21(5-7-22)12-11(16)8-10(9-20-12)15(17,18)19/h8-9H,4-7H2,1-3H3. The number of pyridine rings is 1. The van der Waals surface area contributed by atoms with Crippen LogP contribution in [0.15, 0.2) is 16.7 Å². The molecule has 1 saturated heterocycles. The van der Waals surface area contributed by atoms with E-state index in [1.165, 1.54) is 0 Å². The molecule has 2 heterocycles. The van der Waals surface area contributed by atoms with Gasteiger partial charge in [0.25, 0.3) is 0 Å². The molecule has 1 amide bonds. The number of piperazine rings is 1. The molecule has 0 aliphatic carbocycles. The molecule has 0 spiro atoms. The Bertz CT molecular complexity index is 609. The predicted molar refractivity (Wildman–Crippen MR) is 87.0 cm³/mol. The number of hydrogen-bond acceptors (Lipinski definition) is 4. The molecule has 0 saturated carbocycles. The van der Waals surface area contributed by atoms with E-state index < -0.39 is 17.3 Å². The lowest BCUT2D eigenvalue weighted by Gasteiger charge is -2.36. The minimum atomic E-state index is -4.43. The van der Waals surface area contributed by atoms with Crippen LogP contribution in [0.4, 0.5) is 23.8 Å². The van der Waals surface area contributed by atoms with Gasteiger partial charge in [-0.05, 0) is 42.8 Å². The molecule has 0 aromatic carbocycles. The SMILES string of the molecule is CC(C)(C)OC(=O)N1CCN(c2ncc(C(F)(F)F)cc2Br)CC1. The van der Waals surface area contributed by atoms with Crippen LogP contribution in [0.5, 0.6) is 0 Å². The molecule has 0 N–H and O–H groups in total. The van der Waals surface area contributed by atoms with Gasteiger partial charge in [-0.1, -0.05) is 0 Å². The van der Waals surface area contributed by atoms with Crippen LogP contribution >= 0.6 is 15.9 Å². The Hall–Kier alpha value is -1.51. The molecule has 1 aliphatic heterocycles. The third-order valence-corrected chi connectivity index (χ3v) is 3.96. The fourth-order valence-corrected chi connectivity index (χ4v) is 2.85. The fraction of sp³-hybridized carbons (Fsp3) is 0.600. The van der Waals surface area contributed by atoms with Crippen molar-refractivity contribution in [3.63, 3.8) is 0 Å². The van der Waals surface area contributed by atoms with Gasteiger partial charge in [-0.2, -0.15) is 13.2 Å². The van der Waals surface area contributed by atoms with Gasteiger partial charge in [0, 0.05) is 32.4 Å². The zero-order valence-electron chi connectivity index (χ0n) is 13.7. The smallest absolute Gasteiger partial charge is 0.417 e. The van der Waals surface area contributed by atoms with E-state index in [4.69, 9.17) is 4.74 Å². The van der Waals surface area contributed by atoms with Gasteiger partial charge >= 0.3 is 12.3 Å². The van der Waals surface area contributed by atoms with Crippen molar-refractivity contribution in [2.45, 2.75) is 32.5 Å². The van der Waals surface area contributed by atoms with Gasteiger partial charge in [-0.25, -0.2) is 9.78 Å². The van der Waals surface area contributed by atoms with Crippen LogP contribution in [0, 0.1) is 0 Å². The second-order valence-corrected chi connectivity index (χ2v) is 7.34. The average molecular weight is 410 g/mol. The number of rotatable bonds is 1. The summed E-state index contributed by atoms with van der Waals surface area (Å²) in [6.45, 7) is 7.17. The molecule has 24 heavy (non-hydrogen) atoms. The Morgan fingerprint density at radius 3 is 2.25 bits per heavy atom. The first-order chi connectivity index (χ1) is 11.0. The Kier molecular flexibility index (Phi) is 5.31. The summed E-state index contributed by atoms with van der Waals surface area (Å²) in [5.41, 5.74) is -1.36. The quantitative estimate of drug-likeness (QED) is 0.704. The van der Waals surface area contributed by atoms with Gasteiger partial charge in [0.2, 0.25) is 0 Å². The van der Waals surface area contributed by atoms with Crippen LogP contribution in [0.2, 0.25) is 0 Å². The summed E-state index contributed by atoms with van der Waals surface area (Å²) in [6, 6.07) is 1.02. The number of aromatic nitrogens is 1. The Labute approximate surface area is 146 Å². The summed E-state index contributed by atoms with van der Waals surface area (Å²) in [4.78, 5) is 19.4. The van der Waals surface area contributed by atoms with Gasteiger partial charge < -0.3 is 14.5 Å². The highest BCUT2D eigenvalue weighted by molar-refractivity contribution is 9.10. The zero-order chi connectivity index (χ0) is 18.1. The van der Waals surface area contributed by atoms with Gasteiger partial charge in [-0.15, -0.1) is 0 Å². The summed E-state index contributed by atoms with van der Waals surface area (Å²) < 4.78 is 43.6. The monoisotopic (exact) mass is 409 g/mol. The molecule has 9 heteroatoms. The second-order valence-electron chi connectivity index (χ2n) is 6.48. The number of hydrogen-bond donors (Lipinski definition) is 0. The highest BCUT2D eigenvalue weighted by Crippen LogP contribution is 2.34. The summed E-state index contributed by atoms with van der Waals surface area (Å²) in [5.74, 6) is 0.437. The van der Waals surface area contributed by atoms with Crippen molar-refractivity contribution in [1.29, 1.82) is 0 Å². The third-order valence-electron chi connectivity index (χ3n) is 3.38. The minimum absolute atomic E-state index is 0.281. The van der Waals surface area contributed by atoms with Crippen molar-refractivity contribution in [1.82, 2.24) is 9.88 Å². The Balaban J connectivity index is 2.01. The average Bonchev–Trinajstić information content (AvgIpc) is 2.44. The van der Waals surface area contributed by atoms with Crippen molar-refractivity contribution in [3.8, 4) is 0 Å². The van der Waals surface area contributed by atoms with Crippen LogP contribution in [0.1, 0.15) is 26.3 Å². The van der Waals surface area contributed by atoms with Crippen molar-refractivity contribution >= 4 is 27.8 Å². The number of amides is 1. The van der Waals surface area contributed by atoms with Crippen molar-refractivity contribution < 1.29 is 22.7 Å². The van der Waals surface area contributed by atoms with E-state index in [2.05, 4.69) is 20.9 Å². The maximum atomic E-state index is 12.7. The molecule has 1 aromatic heterocycles. The van der Waals surface area contributed by atoms with Crippen LogP contribution in [-0.2, 0) is 10.9 Å². The molecule has 0 bridgehead atoms. The number of halogens is 4. The maximum Gasteiger partial charge on any atom is 0.417 e. The van der Waals surface area contributed by atoms with E-state index in [0.29, 0.717) is 32.0 Å². The first-order valence-electron chi connectivity index (χ1n) is 7.43. The maximum absolute atomic E-state index is 12.7. The fourth-order valence-electron chi connectivity index (χ4n) is 2.25. The second kappa shape index (κ2) is 6.78. The lowest BCUT2D eigenvalue weighted by Crippen LogP contribution is -2.50. The molecule has 134 valence electrons. The molecule has 2 rings (SSSR count). The first kappa shape index (κ1) is 18.8. The van der Waals surface area contributed by atoms with E-state index >= 15 is 0 Å². The normalized spacial score (nSPS) is 16.3. The van der Waals surface area contributed by atoms with E-state index in [0.717, 1.165) is 12.3 Å². The number of carbonyl (C=O) groups excluding carboxylic acids is 1. The lowest BCUT2D eigenvalue weighted by atomic mass is 10.2. The molecule has 5 nitrogen and oxygen atoms in total. The van der Waals surface area contributed by atoms with Crippen molar-refractivity contribution in [3.05, 3.63) is 22.3 Å². The van der Waals surface area contributed by atoms with Crippen molar-refractivity contribution in [2.24, 2.45) is 0 Å². The number of carbonyl (C=O) groups is 1. The van der Waals surface area contributed by atoms with Crippen LogP contribution in [-0.4, -0.2) is 47.8 Å². The van der Waals surface area contributed by atoms with Crippen LogP contribution in [0.3, 0.4) is 0 Å². The van der Waals surface area contributed by atoms with Gasteiger partial charge in [0.1, 0.15) is 11.4 Å². The highest BCUT2D eigenvalue weighted by Gasteiger charge is 2.32. The largest absolute Gasteiger partial charge is 0.444 e. The summed E-state index contributed by atoms with van der Waals surface area (Å²) >= 11 is 3.15. The molecule has 0 unspecified atom stereocenters. The van der Waals surface area contributed by atoms with Crippen LogP contribution < -0.4 is 4.90 Å². The summed E-state index contributed by atoms with van der Waals surface area (Å²) in [7, 11) is 0. The lowest BCUT2D eigenvalue weighted by molar-refractivity contribution is -0.137. The number of nitrogens with zero attached hydrogens (tertiary/aromatic N) is 3. The van der Waals surface area contributed by atoms with E-state index in [9.17, 15) is 18.0 Å². The number of alkyl halides is 3. The van der Waals surface area contributed by atoms with E-state index in [1.54, 1.807) is 25.7 Å². The third kappa shape index (κ3) is 4.75. The topological polar surface area (TPSA) is 45.7 Å². The van der Waals surface area contributed by atoms with Gasteiger partial charge in [0.15, 0.2) is 0 Å². The molecule has 1 aromatic rings. The van der Waals surface area contributed by atoms with Crippen molar-refractivity contribution in [2.75, 3.05) is 31.1 Å². The van der Waals surface area contributed by atoms with E-state index in [1.807, 2.05) is 4.90 Å². The van der Waals surface area contributed by atoms with E-state index in [-0.39, 0.29) is 10.6 Å². The molecular formula is C15H19BrF3N3O2. The molecule has 1 aliphatic rings. The van der Waals surface area contributed by atoms with Gasteiger partial charge in [-0.3, -0.25) is 0 Å². The Morgan fingerprint density at radius 1 is 1.21 bits per heavy atom. The number of anilines is 1. The molecule has 1 fully saturated rings. The van der Waals surface area contributed by atoms with Crippen LogP contribution in [0.25, 0.3) is 0 Å². The summed E-state index contributed by atoms with van der Waals surface area (Å²) in [5, 5.41) is 0. The predicted octanol–water partition coefficient (Wildman–Crippen LogP) is 3.92. The number of ether oxygens (including phenoxy) is 1. The summed E-state index contributed by atoms with van der Waals surface area (Å²) in [6.07, 6.45) is -3.99. The minimum Gasteiger partial charge on any atom is -0.444 e. The molecular weight excluding hydrogens is 391 g/mol. The zero-order valence-corrected chi connectivity index (χ0v) is 15.2. The Morgan fingerprint density at radius 2 is 1.79 bits per heavy atom. The highest BCUT2D eigenvalue weighted by atomic mass is 79.9. The molecule has 0 atom stereocenters. The van der Waals surface area contributed by atoms with Gasteiger partial charge in [0.05, 0.1) is 10.0 Å². The first-order valence-corrected chi connectivity index (χ1v) is 8.22.